The highest BCUT2D eigenvalue weighted by molar-refractivity contribution is 5.95. The minimum atomic E-state index is -1.31. The van der Waals surface area contributed by atoms with Gasteiger partial charge in [0, 0.05) is 25.7 Å². The SMILES string of the molecule is C[C@@H](O)[C@H](NC(=O)CCCCCCCCCCCCCCC(=O)N[C@@H](CC(N)=O)C(=O)N[C@@H](Cc1ccccc1)C(=O)O)C(=O)N[C@@H](CCc1ccccc1)C(=O)N[C@@H](Cc1ccccc1)C(N)=O. The molecule has 17 heteroatoms. The number of hydrogen-bond donors (Lipinski definition) is 9. The molecule has 0 heterocycles. The molecule has 0 aliphatic heterocycles. The van der Waals surface area contributed by atoms with Crippen LogP contribution in [0.2, 0.25) is 0 Å². The van der Waals surface area contributed by atoms with E-state index in [-0.39, 0.29) is 38.0 Å². The molecule has 11 N–H and O–H groups in total. The van der Waals surface area contributed by atoms with E-state index < -0.39 is 84.1 Å². The number of nitrogens with two attached hydrogens (primary N) is 2. The number of aryl methyl sites for hydroxylation is 1. The fourth-order valence-electron chi connectivity index (χ4n) is 7.82. The van der Waals surface area contributed by atoms with Crippen LogP contribution in [0.15, 0.2) is 91.0 Å². The molecule has 0 aromatic heterocycles. The molecule has 0 radical (unpaired) electrons. The molecule has 3 aromatic carbocycles. The van der Waals surface area contributed by atoms with Gasteiger partial charge in [0.05, 0.1) is 12.5 Å². The first-order valence-electron chi connectivity index (χ1n) is 24.2. The Kier molecular flexibility index (Phi) is 26.5. The maximum Gasteiger partial charge on any atom is 0.326 e. The van der Waals surface area contributed by atoms with Crippen LogP contribution in [0.5, 0.6) is 0 Å². The van der Waals surface area contributed by atoms with Crippen LogP contribution in [-0.2, 0) is 57.6 Å². The standard InChI is InChI=1S/C52H73N7O10/c1-36(60)47(51(67)56-40(32-31-37-23-15-12-16-24-37)49(65)57-41(48(54)64)33-38-25-17-13-18-26-38)59-46(63)30-22-11-9-7-5-3-2-4-6-8-10-21-29-45(62)55-42(35-44(53)61)50(66)58-43(52(68)69)34-39-27-19-14-20-28-39/h12-20,23-28,36,40-43,47,60H,2-11,21-22,29-35H2,1H3,(H2,53,61)(H2,54,64)(H,55,62)(H,56,67)(H,57,65)(H,58,66)(H,59,63)(H,68,69)/t36-,40+,41+,42+,43+,47+/m1/s1. The lowest BCUT2D eigenvalue weighted by atomic mass is 10.0. The number of hydrogen-bond acceptors (Lipinski definition) is 9. The highest BCUT2D eigenvalue weighted by Gasteiger charge is 2.32. The maximum atomic E-state index is 13.6. The number of aliphatic hydroxyl groups is 1. The van der Waals surface area contributed by atoms with Gasteiger partial charge >= 0.3 is 5.97 Å². The Morgan fingerprint density at radius 3 is 1.30 bits per heavy atom. The molecule has 0 saturated carbocycles. The topological polar surface area (TPSA) is 289 Å². The van der Waals surface area contributed by atoms with Crippen molar-refractivity contribution in [3.63, 3.8) is 0 Å². The van der Waals surface area contributed by atoms with E-state index in [9.17, 15) is 48.6 Å². The van der Waals surface area contributed by atoms with Crippen molar-refractivity contribution < 1.29 is 48.6 Å². The van der Waals surface area contributed by atoms with Gasteiger partial charge in [0.25, 0.3) is 0 Å². The smallest absolute Gasteiger partial charge is 0.326 e. The predicted octanol–water partition coefficient (Wildman–Crippen LogP) is 3.82. The molecule has 0 spiro atoms. The summed E-state index contributed by atoms with van der Waals surface area (Å²) < 4.78 is 0. The average Bonchev–Trinajstić information content (AvgIpc) is 3.32. The van der Waals surface area contributed by atoms with E-state index in [0.29, 0.717) is 24.8 Å². The number of rotatable bonds is 35. The number of carboxylic acid groups (broad SMARTS) is 1. The molecule has 6 atom stereocenters. The molecule has 376 valence electrons. The minimum absolute atomic E-state index is 0.0326. The molecule has 0 aliphatic rings. The van der Waals surface area contributed by atoms with Crippen molar-refractivity contribution in [1.82, 2.24) is 26.6 Å². The van der Waals surface area contributed by atoms with Gasteiger partial charge in [-0.05, 0) is 49.3 Å². The lowest BCUT2D eigenvalue weighted by molar-refractivity contribution is -0.142. The number of aliphatic hydroxyl groups excluding tert-OH is 1. The van der Waals surface area contributed by atoms with Gasteiger partial charge in [0.15, 0.2) is 0 Å². The number of carboxylic acids is 1. The van der Waals surface area contributed by atoms with Gasteiger partial charge in [-0.15, -0.1) is 0 Å². The maximum absolute atomic E-state index is 13.6. The highest BCUT2D eigenvalue weighted by Crippen LogP contribution is 2.14. The molecule has 69 heavy (non-hydrogen) atoms. The summed E-state index contributed by atoms with van der Waals surface area (Å²) in [6.45, 7) is 1.39. The number of aliphatic carboxylic acids is 1. The van der Waals surface area contributed by atoms with E-state index >= 15 is 0 Å². The van der Waals surface area contributed by atoms with Gasteiger partial charge in [-0.2, -0.15) is 0 Å². The fourth-order valence-corrected chi connectivity index (χ4v) is 7.82. The Balaban J connectivity index is 1.30. The van der Waals surface area contributed by atoms with Gasteiger partial charge in [-0.3, -0.25) is 33.6 Å². The van der Waals surface area contributed by atoms with Crippen molar-refractivity contribution in [2.45, 2.75) is 165 Å². The van der Waals surface area contributed by atoms with Gasteiger partial charge in [0.1, 0.15) is 30.2 Å². The number of unbranched alkanes of at least 4 members (excludes halogenated alkanes) is 11. The zero-order valence-electron chi connectivity index (χ0n) is 39.9. The molecule has 3 aromatic rings. The summed E-state index contributed by atoms with van der Waals surface area (Å²) in [5, 5.41) is 33.1. The van der Waals surface area contributed by atoms with E-state index in [4.69, 9.17) is 11.5 Å². The number of amides is 7. The van der Waals surface area contributed by atoms with Crippen molar-refractivity contribution in [2.75, 3.05) is 0 Å². The molecule has 0 aliphatic carbocycles. The number of benzene rings is 3. The van der Waals surface area contributed by atoms with Gasteiger partial charge in [-0.1, -0.05) is 155 Å². The van der Waals surface area contributed by atoms with E-state index in [0.717, 1.165) is 75.3 Å². The molecule has 0 saturated heterocycles. The van der Waals surface area contributed by atoms with Crippen LogP contribution < -0.4 is 38.1 Å². The Labute approximate surface area is 405 Å². The van der Waals surface area contributed by atoms with Crippen molar-refractivity contribution in [3.05, 3.63) is 108 Å². The van der Waals surface area contributed by atoms with Crippen LogP contribution in [0.25, 0.3) is 0 Å². The number of primary amides is 2. The van der Waals surface area contributed by atoms with Crippen molar-refractivity contribution in [3.8, 4) is 0 Å². The summed E-state index contributed by atoms with van der Waals surface area (Å²) >= 11 is 0. The fraction of sp³-hybridized carbons (Fsp3) is 0.500. The van der Waals surface area contributed by atoms with E-state index in [1.54, 1.807) is 30.3 Å². The third-order valence-electron chi connectivity index (χ3n) is 11.7. The summed E-state index contributed by atoms with van der Waals surface area (Å²) in [5.74, 6) is -5.70. The first-order valence-corrected chi connectivity index (χ1v) is 24.2. The monoisotopic (exact) mass is 956 g/mol. The Bertz CT molecular complexity index is 2060. The Hall–Kier alpha value is -6.62. The lowest BCUT2D eigenvalue weighted by Gasteiger charge is -2.26. The quantitative estimate of drug-likeness (QED) is 0.0384. The van der Waals surface area contributed by atoms with Crippen LogP contribution in [-0.4, -0.2) is 93.8 Å². The molecule has 3 rings (SSSR count). The second kappa shape index (κ2) is 32.2. The number of carbonyl (C=O) groups is 8. The summed E-state index contributed by atoms with van der Waals surface area (Å²) in [7, 11) is 0. The molecule has 0 unspecified atom stereocenters. The summed E-state index contributed by atoms with van der Waals surface area (Å²) in [4.78, 5) is 101. The number of carbonyl (C=O) groups excluding carboxylic acids is 7. The Morgan fingerprint density at radius 1 is 0.478 bits per heavy atom. The van der Waals surface area contributed by atoms with E-state index in [2.05, 4.69) is 26.6 Å². The summed E-state index contributed by atoms with van der Waals surface area (Å²) in [6, 6.07) is 21.3. The third kappa shape index (κ3) is 23.8. The average molecular weight is 956 g/mol. The second-order valence-corrected chi connectivity index (χ2v) is 17.6. The van der Waals surface area contributed by atoms with Crippen LogP contribution >= 0.6 is 0 Å². The van der Waals surface area contributed by atoms with Gasteiger partial charge < -0.3 is 48.3 Å². The second-order valence-electron chi connectivity index (χ2n) is 17.6. The van der Waals surface area contributed by atoms with Gasteiger partial charge in [-0.25, -0.2) is 4.79 Å². The Morgan fingerprint density at radius 2 is 0.870 bits per heavy atom. The first kappa shape index (κ1) is 56.7. The molecular formula is C52H73N7O10. The molecular weight excluding hydrogens is 883 g/mol. The van der Waals surface area contributed by atoms with E-state index in [1.165, 1.54) is 6.92 Å². The van der Waals surface area contributed by atoms with E-state index in [1.807, 2.05) is 60.7 Å². The van der Waals surface area contributed by atoms with Crippen LogP contribution in [0.1, 0.15) is 126 Å². The van der Waals surface area contributed by atoms with Crippen LogP contribution in [0.4, 0.5) is 0 Å². The summed E-state index contributed by atoms with van der Waals surface area (Å²) in [6.07, 6.45) is 10.4. The van der Waals surface area contributed by atoms with Crippen molar-refractivity contribution >= 4 is 47.3 Å². The van der Waals surface area contributed by atoms with Crippen LogP contribution in [0, 0.1) is 0 Å². The molecule has 0 bridgehead atoms. The largest absolute Gasteiger partial charge is 0.480 e. The predicted molar refractivity (Wildman–Crippen MR) is 262 cm³/mol. The highest BCUT2D eigenvalue weighted by atomic mass is 16.4. The first-order chi connectivity index (χ1) is 33.1. The molecule has 0 fully saturated rings. The van der Waals surface area contributed by atoms with Crippen molar-refractivity contribution in [1.29, 1.82) is 0 Å². The normalized spacial score (nSPS) is 13.6. The zero-order valence-corrected chi connectivity index (χ0v) is 39.9. The molecule has 7 amide bonds. The van der Waals surface area contributed by atoms with Gasteiger partial charge in [0.2, 0.25) is 41.4 Å². The summed E-state index contributed by atoms with van der Waals surface area (Å²) in [5.41, 5.74) is 13.4. The number of nitrogens with one attached hydrogen (secondary N) is 5. The van der Waals surface area contributed by atoms with Crippen molar-refractivity contribution in [2.24, 2.45) is 11.5 Å². The van der Waals surface area contributed by atoms with Crippen LogP contribution in [0.3, 0.4) is 0 Å². The molecule has 17 nitrogen and oxygen atoms in total. The zero-order chi connectivity index (χ0) is 50.4. The third-order valence-corrected chi connectivity index (χ3v) is 11.7. The minimum Gasteiger partial charge on any atom is -0.480 e. The lowest BCUT2D eigenvalue weighted by Crippen LogP contribution is -2.58.